The molecule has 0 fully saturated rings. The number of methoxy groups -OCH3 is 1. The third-order valence-corrected chi connectivity index (χ3v) is 3.28. The lowest BCUT2D eigenvalue weighted by molar-refractivity contribution is -0.143. The number of hydrogen-bond donors (Lipinski definition) is 1. The van der Waals surface area contributed by atoms with Crippen LogP contribution in [0.2, 0.25) is 10.0 Å². The van der Waals surface area contributed by atoms with Crippen molar-refractivity contribution in [3.05, 3.63) is 33.8 Å². The van der Waals surface area contributed by atoms with Crippen molar-refractivity contribution < 1.29 is 9.53 Å². The molecule has 1 atom stereocenters. The molecule has 0 radical (unpaired) electrons. The van der Waals surface area contributed by atoms with E-state index in [9.17, 15) is 4.79 Å². The van der Waals surface area contributed by atoms with E-state index in [1.807, 2.05) is 13.0 Å². The largest absolute Gasteiger partial charge is 0.468 e. The molecule has 0 aliphatic carbocycles. The van der Waals surface area contributed by atoms with Crippen molar-refractivity contribution in [1.29, 1.82) is 0 Å². The van der Waals surface area contributed by atoms with Gasteiger partial charge >= 0.3 is 5.97 Å². The third-order valence-electron chi connectivity index (χ3n) is 2.69. The maximum absolute atomic E-state index is 11.4. The summed E-state index contributed by atoms with van der Waals surface area (Å²) in [5.74, 6) is -0.236. The summed E-state index contributed by atoms with van der Waals surface area (Å²) < 4.78 is 4.70. The second-order valence-corrected chi connectivity index (χ2v) is 4.77. The smallest absolute Gasteiger partial charge is 0.322 e. The molecule has 0 spiro atoms. The summed E-state index contributed by atoms with van der Waals surface area (Å²) in [6, 6.07) is 5.16. The standard InChI is InChI=1S/C13H17Cl2NO2/c1-3-12(13(17)18-2)16-7-6-9-4-5-10(14)8-11(9)15/h4-5,8,12,16H,3,6-7H2,1-2H3. The van der Waals surface area contributed by atoms with Gasteiger partial charge in [-0.25, -0.2) is 0 Å². The maximum Gasteiger partial charge on any atom is 0.322 e. The van der Waals surface area contributed by atoms with E-state index >= 15 is 0 Å². The van der Waals surface area contributed by atoms with Crippen molar-refractivity contribution in [3.8, 4) is 0 Å². The first-order valence-corrected chi connectivity index (χ1v) is 6.59. The van der Waals surface area contributed by atoms with Crippen LogP contribution in [-0.2, 0) is 16.0 Å². The highest BCUT2D eigenvalue weighted by atomic mass is 35.5. The van der Waals surface area contributed by atoms with E-state index < -0.39 is 0 Å². The van der Waals surface area contributed by atoms with Crippen molar-refractivity contribution in [1.82, 2.24) is 5.32 Å². The van der Waals surface area contributed by atoms with Gasteiger partial charge in [0.15, 0.2) is 0 Å². The Morgan fingerprint density at radius 3 is 2.72 bits per heavy atom. The molecule has 0 saturated carbocycles. The molecule has 100 valence electrons. The topological polar surface area (TPSA) is 38.3 Å². The van der Waals surface area contributed by atoms with Gasteiger partial charge in [0.05, 0.1) is 7.11 Å². The Labute approximate surface area is 117 Å². The average molecular weight is 290 g/mol. The SMILES string of the molecule is CCC(NCCc1ccc(Cl)cc1Cl)C(=O)OC. The van der Waals surface area contributed by atoms with Crippen molar-refractivity contribution >= 4 is 29.2 Å². The van der Waals surface area contributed by atoms with Crippen LogP contribution in [0.15, 0.2) is 18.2 Å². The molecule has 0 bridgehead atoms. The highest BCUT2D eigenvalue weighted by Crippen LogP contribution is 2.21. The zero-order valence-electron chi connectivity index (χ0n) is 10.5. The molecule has 18 heavy (non-hydrogen) atoms. The second-order valence-electron chi connectivity index (χ2n) is 3.92. The predicted octanol–water partition coefficient (Wildman–Crippen LogP) is 3.08. The first-order valence-electron chi connectivity index (χ1n) is 5.83. The van der Waals surface area contributed by atoms with Gasteiger partial charge in [-0.15, -0.1) is 0 Å². The summed E-state index contributed by atoms with van der Waals surface area (Å²) in [4.78, 5) is 11.4. The summed E-state index contributed by atoms with van der Waals surface area (Å²) in [6.45, 7) is 2.60. The van der Waals surface area contributed by atoms with E-state index in [1.165, 1.54) is 7.11 Å². The van der Waals surface area contributed by atoms with E-state index in [2.05, 4.69) is 5.32 Å². The Morgan fingerprint density at radius 1 is 1.44 bits per heavy atom. The van der Waals surface area contributed by atoms with Gasteiger partial charge in [0, 0.05) is 16.6 Å². The summed E-state index contributed by atoms with van der Waals surface area (Å²) in [7, 11) is 1.39. The molecule has 1 aromatic carbocycles. The lowest BCUT2D eigenvalue weighted by Crippen LogP contribution is -2.38. The number of ether oxygens (including phenoxy) is 1. The molecule has 0 aliphatic rings. The molecule has 3 nitrogen and oxygen atoms in total. The van der Waals surface area contributed by atoms with Gasteiger partial charge in [-0.05, 0) is 30.5 Å². The fourth-order valence-corrected chi connectivity index (χ4v) is 2.15. The number of benzene rings is 1. The minimum Gasteiger partial charge on any atom is -0.468 e. The van der Waals surface area contributed by atoms with E-state index in [0.29, 0.717) is 23.0 Å². The van der Waals surface area contributed by atoms with Crippen LogP contribution in [-0.4, -0.2) is 25.7 Å². The minimum absolute atomic E-state index is 0.236. The molecule has 0 amide bonds. The highest BCUT2D eigenvalue weighted by molar-refractivity contribution is 6.35. The molecule has 1 unspecified atom stereocenters. The summed E-state index contributed by atoms with van der Waals surface area (Å²) >= 11 is 11.9. The van der Waals surface area contributed by atoms with Gasteiger partial charge in [0.25, 0.3) is 0 Å². The number of rotatable bonds is 6. The Hall–Kier alpha value is -0.770. The van der Waals surface area contributed by atoms with Gasteiger partial charge in [-0.3, -0.25) is 4.79 Å². The molecular weight excluding hydrogens is 273 g/mol. The zero-order chi connectivity index (χ0) is 13.5. The lowest BCUT2D eigenvalue weighted by Gasteiger charge is -2.14. The summed E-state index contributed by atoms with van der Waals surface area (Å²) in [5, 5.41) is 4.42. The number of halogens is 2. The number of carbonyl (C=O) groups excluding carboxylic acids is 1. The number of hydrogen-bond acceptors (Lipinski definition) is 3. The third kappa shape index (κ3) is 4.48. The molecule has 1 N–H and O–H groups in total. The van der Waals surface area contributed by atoms with Crippen LogP contribution < -0.4 is 5.32 Å². The van der Waals surface area contributed by atoms with Gasteiger partial charge in [-0.1, -0.05) is 36.2 Å². The Kier molecular flexibility index (Phi) is 6.47. The molecule has 1 aromatic rings. The van der Waals surface area contributed by atoms with Crippen LogP contribution in [0.5, 0.6) is 0 Å². The first-order chi connectivity index (χ1) is 8.58. The molecule has 0 aliphatic heterocycles. The highest BCUT2D eigenvalue weighted by Gasteiger charge is 2.15. The van der Waals surface area contributed by atoms with Crippen LogP contribution in [0.1, 0.15) is 18.9 Å². The number of carbonyl (C=O) groups is 1. The Balaban J connectivity index is 2.48. The predicted molar refractivity (Wildman–Crippen MR) is 74.3 cm³/mol. The van der Waals surface area contributed by atoms with Crippen LogP contribution in [0.3, 0.4) is 0 Å². The van der Waals surface area contributed by atoms with E-state index in [-0.39, 0.29) is 12.0 Å². The van der Waals surface area contributed by atoms with Gasteiger partial charge in [0.2, 0.25) is 0 Å². The van der Waals surface area contributed by atoms with Crippen LogP contribution in [0.4, 0.5) is 0 Å². The van der Waals surface area contributed by atoms with E-state index in [0.717, 1.165) is 12.0 Å². The van der Waals surface area contributed by atoms with Gasteiger partial charge < -0.3 is 10.1 Å². The summed E-state index contributed by atoms with van der Waals surface area (Å²) in [5.41, 5.74) is 1.01. The minimum atomic E-state index is -0.263. The summed E-state index contributed by atoms with van der Waals surface area (Å²) in [6.07, 6.45) is 1.44. The fraction of sp³-hybridized carbons (Fsp3) is 0.462. The van der Waals surface area contributed by atoms with E-state index in [4.69, 9.17) is 27.9 Å². The van der Waals surface area contributed by atoms with Gasteiger partial charge in [-0.2, -0.15) is 0 Å². The van der Waals surface area contributed by atoms with Crippen LogP contribution >= 0.6 is 23.2 Å². The van der Waals surface area contributed by atoms with Crippen molar-refractivity contribution in [3.63, 3.8) is 0 Å². The first kappa shape index (κ1) is 15.3. The number of nitrogens with one attached hydrogen (secondary N) is 1. The second kappa shape index (κ2) is 7.62. The van der Waals surface area contributed by atoms with Gasteiger partial charge in [0.1, 0.15) is 6.04 Å². The molecule has 1 rings (SSSR count). The maximum atomic E-state index is 11.4. The molecular formula is C13H17Cl2NO2. The van der Waals surface area contributed by atoms with Crippen LogP contribution in [0, 0.1) is 0 Å². The lowest BCUT2D eigenvalue weighted by atomic mass is 10.1. The molecule has 0 heterocycles. The molecule has 5 heteroatoms. The van der Waals surface area contributed by atoms with Crippen LogP contribution in [0.25, 0.3) is 0 Å². The monoisotopic (exact) mass is 289 g/mol. The Bertz CT molecular complexity index is 410. The average Bonchev–Trinajstić information content (AvgIpc) is 2.36. The van der Waals surface area contributed by atoms with Crippen molar-refractivity contribution in [2.45, 2.75) is 25.8 Å². The Morgan fingerprint density at radius 2 is 2.17 bits per heavy atom. The molecule has 0 aromatic heterocycles. The van der Waals surface area contributed by atoms with Crippen molar-refractivity contribution in [2.24, 2.45) is 0 Å². The molecule has 0 saturated heterocycles. The number of esters is 1. The fourth-order valence-electron chi connectivity index (χ4n) is 1.64. The quantitative estimate of drug-likeness (QED) is 0.818. The van der Waals surface area contributed by atoms with Crippen molar-refractivity contribution in [2.75, 3.05) is 13.7 Å². The van der Waals surface area contributed by atoms with E-state index in [1.54, 1.807) is 12.1 Å². The normalized spacial score (nSPS) is 12.2. The zero-order valence-corrected chi connectivity index (χ0v) is 12.0.